The Morgan fingerprint density at radius 1 is 1.19 bits per heavy atom. The van der Waals surface area contributed by atoms with E-state index in [1.54, 1.807) is 11.8 Å². The van der Waals surface area contributed by atoms with Crippen LogP contribution in [0, 0.1) is 0 Å². The van der Waals surface area contributed by atoms with Crippen molar-refractivity contribution in [1.29, 1.82) is 0 Å². The molecule has 2 amide bonds. The molecule has 1 N–H and O–H groups in total. The van der Waals surface area contributed by atoms with Gasteiger partial charge in [-0.05, 0) is 45.4 Å². The molecule has 3 unspecified atom stereocenters. The molecule has 0 radical (unpaired) electrons. The van der Waals surface area contributed by atoms with Crippen molar-refractivity contribution in [3.05, 3.63) is 0 Å². The van der Waals surface area contributed by atoms with E-state index in [2.05, 4.69) is 0 Å². The van der Waals surface area contributed by atoms with Crippen molar-refractivity contribution >= 4 is 17.8 Å². The van der Waals surface area contributed by atoms with Gasteiger partial charge in [-0.1, -0.05) is 0 Å². The molecule has 154 valence electrons. The van der Waals surface area contributed by atoms with Gasteiger partial charge in [0, 0.05) is 32.7 Å². The highest BCUT2D eigenvalue weighted by molar-refractivity contribution is 5.81. The molecule has 0 aromatic carbocycles. The minimum atomic E-state index is -1.02. The molecule has 0 bridgehead atoms. The van der Waals surface area contributed by atoms with Crippen molar-refractivity contribution in [2.75, 3.05) is 32.8 Å². The number of aliphatic carboxylic acids is 1. The summed E-state index contributed by atoms with van der Waals surface area (Å²) in [6.45, 7) is 5.14. The average molecular weight is 384 g/mol. The Kier molecular flexibility index (Phi) is 8.50. The molecule has 0 aromatic rings. The summed E-state index contributed by atoms with van der Waals surface area (Å²) < 4.78 is 11.4. The molecule has 2 fully saturated rings. The Hall–Kier alpha value is -1.67. The molecule has 8 heteroatoms. The first-order valence-corrected chi connectivity index (χ1v) is 9.89. The van der Waals surface area contributed by atoms with Gasteiger partial charge < -0.3 is 24.4 Å². The van der Waals surface area contributed by atoms with Crippen LogP contribution in [0.5, 0.6) is 0 Å². The van der Waals surface area contributed by atoms with Gasteiger partial charge >= 0.3 is 5.97 Å². The standard InChI is InChI=1S/C19H32N2O6/c1-14(27-13-17-7-3-4-11-26-17)19(25)20-9-5-6-16(8-10-20)21(15(2)22)12-18(23)24/h14,16-17H,3-13H2,1-2H3,(H,23,24). The van der Waals surface area contributed by atoms with Crippen LogP contribution in [0.1, 0.15) is 52.4 Å². The van der Waals surface area contributed by atoms with Crippen molar-refractivity contribution in [1.82, 2.24) is 9.80 Å². The lowest BCUT2D eigenvalue weighted by atomic mass is 10.1. The number of carbonyl (C=O) groups is 3. The first-order valence-electron chi connectivity index (χ1n) is 9.89. The third kappa shape index (κ3) is 6.77. The van der Waals surface area contributed by atoms with Crippen LogP contribution in [-0.4, -0.2) is 83.8 Å². The number of likely N-dealkylation sites (tertiary alicyclic amines) is 1. The first kappa shape index (κ1) is 21.6. The molecule has 2 rings (SSSR count). The number of carbonyl (C=O) groups excluding carboxylic acids is 2. The van der Waals surface area contributed by atoms with Crippen molar-refractivity contribution in [2.45, 2.75) is 70.6 Å². The number of carboxylic acids is 1. The molecule has 8 nitrogen and oxygen atoms in total. The lowest BCUT2D eigenvalue weighted by Crippen LogP contribution is -2.44. The van der Waals surface area contributed by atoms with Crippen LogP contribution in [0.15, 0.2) is 0 Å². The molecular formula is C19H32N2O6. The summed E-state index contributed by atoms with van der Waals surface area (Å²) in [6, 6.07) is -0.150. The summed E-state index contributed by atoms with van der Waals surface area (Å²) in [7, 11) is 0. The molecule has 2 aliphatic rings. The van der Waals surface area contributed by atoms with Crippen LogP contribution in [0.2, 0.25) is 0 Å². The number of ether oxygens (including phenoxy) is 2. The third-order valence-corrected chi connectivity index (χ3v) is 5.31. The Morgan fingerprint density at radius 2 is 1.96 bits per heavy atom. The molecule has 0 spiro atoms. The zero-order valence-electron chi connectivity index (χ0n) is 16.4. The van der Waals surface area contributed by atoms with Crippen LogP contribution < -0.4 is 0 Å². The highest BCUT2D eigenvalue weighted by Crippen LogP contribution is 2.19. The predicted molar refractivity (Wildman–Crippen MR) is 98.2 cm³/mol. The second-order valence-electron chi connectivity index (χ2n) is 7.41. The number of hydrogen-bond donors (Lipinski definition) is 1. The first-order chi connectivity index (χ1) is 12.9. The number of carboxylic acid groups (broad SMARTS) is 1. The Morgan fingerprint density at radius 3 is 2.59 bits per heavy atom. The fraction of sp³-hybridized carbons (Fsp3) is 0.842. The van der Waals surface area contributed by atoms with Crippen LogP contribution >= 0.6 is 0 Å². The SMILES string of the molecule is CC(=O)N(CC(=O)O)C1CCCN(C(=O)C(C)OCC2CCCCO2)CC1. The fourth-order valence-electron chi connectivity index (χ4n) is 3.77. The van der Waals surface area contributed by atoms with Crippen molar-refractivity contribution in [2.24, 2.45) is 0 Å². The third-order valence-electron chi connectivity index (χ3n) is 5.31. The van der Waals surface area contributed by atoms with Crippen LogP contribution in [0.4, 0.5) is 0 Å². The quantitative estimate of drug-likeness (QED) is 0.710. The van der Waals surface area contributed by atoms with E-state index in [0.717, 1.165) is 32.3 Å². The van der Waals surface area contributed by atoms with E-state index in [1.807, 2.05) is 0 Å². The second kappa shape index (κ2) is 10.6. The molecule has 0 aliphatic carbocycles. The zero-order valence-corrected chi connectivity index (χ0v) is 16.4. The highest BCUT2D eigenvalue weighted by atomic mass is 16.5. The monoisotopic (exact) mass is 384 g/mol. The number of nitrogens with zero attached hydrogens (tertiary/aromatic N) is 2. The fourth-order valence-corrected chi connectivity index (χ4v) is 3.77. The molecule has 2 aliphatic heterocycles. The van der Waals surface area contributed by atoms with Gasteiger partial charge in [0.15, 0.2) is 0 Å². The number of rotatable bonds is 7. The van der Waals surface area contributed by atoms with Gasteiger partial charge in [0.25, 0.3) is 5.91 Å². The van der Waals surface area contributed by atoms with Crippen LogP contribution in [0.25, 0.3) is 0 Å². The van der Waals surface area contributed by atoms with Crippen molar-refractivity contribution < 1.29 is 29.0 Å². The minimum Gasteiger partial charge on any atom is -0.480 e. The number of amides is 2. The summed E-state index contributed by atoms with van der Waals surface area (Å²) in [4.78, 5) is 38.7. The van der Waals surface area contributed by atoms with Crippen LogP contribution in [-0.2, 0) is 23.9 Å². The summed E-state index contributed by atoms with van der Waals surface area (Å²) in [6.07, 6.45) is 4.73. The minimum absolute atomic E-state index is 0.0564. The molecule has 0 saturated carbocycles. The van der Waals surface area contributed by atoms with Gasteiger partial charge in [0.2, 0.25) is 5.91 Å². The van der Waals surface area contributed by atoms with E-state index in [1.165, 1.54) is 11.8 Å². The van der Waals surface area contributed by atoms with E-state index < -0.39 is 12.1 Å². The lowest BCUT2D eigenvalue weighted by molar-refractivity contribution is -0.147. The zero-order chi connectivity index (χ0) is 19.8. The van der Waals surface area contributed by atoms with Crippen molar-refractivity contribution in [3.63, 3.8) is 0 Å². The maximum atomic E-state index is 12.7. The normalized spacial score (nSPS) is 24.7. The van der Waals surface area contributed by atoms with Crippen molar-refractivity contribution in [3.8, 4) is 0 Å². The molecule has 2 heterocycles. The molecule has 3 atom stereocenters. The van der Waals surface area contributed by atoms with E-state index >= 15 is 0 Å². The molecule has 0 aromatic heterocycles. The largest absolute Gasteiger partial charge is 0.480 e. The summed E-state index contributed by atoms with van der Waals surface area (Å²) in [5.41, 5.74) is 0. The van der Waals surface area contributed by atoms with Gasteiger partial charge in [-0.15, -0.1) is 0 Å². The summed E-state index contributed by atoms with van der Waals surface area (Å²) >= 11 is 0. The Balaban J connectivity index is 1.83. The van der Waals surface area contributed by atoms with Gasteiger partial charge in [-0.2, -0.15) is 0 Å². The Labute approximate surface area is 160 Å². The Bertz CT molecular complexity index is 520. The predicted octanol–water partition coefficient (Wildman–Crippen LogP) is 1.27. The van der Waals surface area contributed by atoms with E-state index in [-0.39, 0.29) is 30.5 Å². The number of hydrogen-bond acceptors (Lipinski definition) is 5. The highest BCUT2D eigenvalue weighted by Gasteiger charge is 2.29. The van der Waals surface area contributed by atoms with Gasteiger partial charge in [0.05, 0.1) is 12.7 Å². The summed E-state index contributed by atoms with van der Waals surface area (Å²) in [5.74, 6) is -1.32. The maximum absolute atomic E-state index is 12.7. The van der Waals surface area contributed by atoms with Crippen LogP contribution in [0.3, 0.4) is 0 Å². The van der Waals surface area contributed by atoms with E-state index in [4.69, 9.17) is 14.6 Å². The topological polar surface area (TPSA) is 96.4 Å². The maximum Gasteiger partial charge on any atom is 0.323 e. The average Bonchev–Trinajstić information content (AvgIpc) is 2.90. The molecule has 2 saturated heterocycles. The van der Waals surface area contributed by atoms with E-state index in [9.17, 15) is 14.4 Å². The van der Waals surface area contributed by atoms with Gasteiger partial charge in [-0.3, -0.25) is 14.4 Å². The molecule has 27 heavy (non-hydrogen) atoms. The van der Waals surface area contributed by atoms with Gasteiger partial charge in [-0.25, -0.2) is 0 Å². The van der Waals surface area contributed by atoms with Gasteiger partial charge in [0.1, 0.15) is 12.6 Å². The second-order valence-corrected chi connectivity index (χ2v) is 7.41. The van der Waals surface area contributed by atoms with E-state index in [0.29, 0.717) is 32.5 Å². The smallest absolute Gasteiger partial charge is 0.323 e. The molecular weight excluding hydrogens is 352 g/mol. The lowest BCUT2D eigenvalue weighted by Gasteiger charge is -2.29. The summed E-state index contributed by atoms with van der Waals surface area (Å²) in [5, 5.41) is 9.03.